The van der Waals surface area contributed by atoms with Crippen LogP contribution in [-0.4, -0.2) is 27.1 Å². The van der Waals surface area contributed by atoms with E-state index in [1.54, 1.807) is 54.6 Å². The van der Waals surface area contributed by atoms with E-state index in [1.165, 1.54) is 18.3 Å². The second-order valence-corrected chi connectivity index (χ2v) is 11.8. The summed E-state index contributed by atoms with van der Waals surface area (Å²) >= 11 is 6.77. The fraction of sp³-hybridized carbons (Fsp3) is 0.0714. The third-order valence-corrected chi connectivity index (χ3v) is 8.13. The molecule has 4 rings (SSSR count). The summed E-state index contributed by atoms with van der Waals surface area (Å²) in [6.45, 7) is -0.00892. The number of hydrogen-bond donors (Lipinski definition) is 1. The van der Waals surface area contributed by atoms with Crippen molar-refractivity contribution in [1.29, 1.82) is 0 Å². The number of carbonyl (C=O) groups is 1. The Morgan fingerprint density at radius 2 is 1.58 bits per heavy atom. The van der Waals surface area contributed by atoms with Crippen molar-refractivity contribution in [1.82, 2.24) is 5.43 Å². The number of nitrogens with one attached hydrogen (secondary N) is 1. The van der Waals surface area contributed by atoms with Gasteiger partial charge in [-0.25, -0.2) is 13.8 Å². The lowest BCUT2D eigenvalue weighted by Crippen LogP contribution is -2.39. The van der Waals surface area contributed by atoms with Gasteiger partial charge in [0.15, 0.2) is 0 Å². The highest BCUT2D eigenvalue weighted by molar-refractivity contribution is 9.10. The van der Waals surface area contributed by atoms with Crippen molar-refractivity contribution in [3.8, 4) is 5.75 Å². The number of carbonyl (C=O) groups excluding carboxylic acids is 1. The number of nitrogens with zero attached hydrogens (tertiary/aromatic N) is 2. The molecule has 38 heavy (non-hydrogen) atoms. The molecule has 0 radical (unpaired) electrons. The molecule has 7 nitrogen and oxygen atoms in total. The van der Waals surface area contributed by atoms with E-state index in [9.17, 15) is 13.2 Å². The lowest BCUT2D eigenvalue weighted by molar-refractivity contribution is -0.119. The van der Waals surface area contributed by atoms with Gasteiger partial charge in [-0.3, -0.25) is 9.10 Å². The first-order valence-electron chi connectivity index (χ1n) is 11.4. The van der Waals surface area contributed by atoms with E-state index in [0.717, 1.165) is 19.9 Å². The smallest absolute Gasteiger partial charge is 0.264 e. The number of hydrazone groups is 1. The molecule has 10 heteroatoms. The number of ether oxygens (including phenoxy) is 1. The zero-order valence-electron chi connectivity index (χ0n) is 20.0. The van der Waals surface area contributed by atoms with Crippen LogP contribution in [0.2, 0.25) is 0 Å². The summed E-state index contributed by atoms with van der Waals surface area (Å²) in [5.41, 5.74) is 4.55. The standard InChI is InChI=1S/C28H23Br2N3O4S/c29-23-13-9-22(10-14-23)20-37-26-15-11-21(12-16-26)18-31-32-28(34)19-33(25-6-4-5-24(30)17-25)38(35,36)27-7-2-1-3-8-27/h1-18H,19-20H2,(H,32,34). The highest BCUT2D eigenvalue weighted by Crippen LogP contribution is 2.26. The van der Waals surface area contributed by atoms with Gasteiger partial charge in [-0.05, 0) is 77.9 Å². The first-order valence-corrected chi connectivity index (χ1v) is 14.5. The van der Waals surface area contributed by atoms with Crippen LogP contribution in [0.15, 0.2) is 122 Å². The zero-order valence-corrected chi connectivity index (χ0v) is 24.0. The molecule has 0 aromatic heterocycles. The Labute approximate surface area is 238 Å². The van der Waals surface area contributed by atoms with Crippen molar-refractivity contribution in [3.05, 3.63) is 123 Å². The maximum Gasteiger partial charge on any atom is 0.264 e. The van der Waals surface area contributed by atoms with E-state index < -0.39 is 22.5 Å². The van der Waals surface area contributed by atoms with Gasteiger partial charge in [0, 0.05) is 8.95 Å². The van der Waals surface area contributed by atoms with E-state index in [1.807, 2.05) is 36.4 Å². The minimum absolute atomic E-state index is 0.0821. The SMILES string of the molecule is O=C(CN(c1cccc(Br)c1)S(=O)(=O)c1ccccc1)NN=Cc1ccc(OCc2ccc(Br)cc2)cc1. The van der Waals surface area contributed by atoms with Crippen LogP contribution >= 0.6 is 31.9 Å². The molecule has 4 aromatic carbocycles. The molecule has 0 fully saturated rings. The van der Waals surface area contributed by atoms with Gasteiger partial charge in [-0.15, -0.1) is 0 Å². The third-order valence-electron chi connectivity index (χ3n) is 5.32. The van der Waals surface area contributed by atoms with Crippen molar-refractivity contribution in [2.24, 2.45) is 5.10 Å². The fourth-order valence-electron chi connectivity index (χ4n) is 3.41. The van der Waals surface area contributed by atoms with Crippen LogP contribution < -0.4 is 14.5 Å². The monoisotopic (exact) mass is 655 g/mol. The highest BCUT2D eigenvalue weighted by atomic mass is 79.9. The third kappa shape index (κ3) is 7.53. The van der Waals surface area contributed by atoms with Gasteiger partial charge in [-0.2, -0.15) is 5.10 Å². The lowest BCUT2D eigenvalue weighted by atomic mass is 10.2. The van der Waals surface area contributed by atoms with Crippen LogP contribution in [0.1, 0.15) is 11.1 Å². The number of rotatable bonds is 10. The normalized spacial score (nSPS) is 11.3. The van der Waals surface area contributed by atoms with Crippen LogP contribution in [-0.2, 0) is 21.4 Å². The summed E-state index contributed by atoms with van der Waals surface area (Å²) in [7, 11) is -3.99. The molecule has 0 aliphatic rings. The van der Waals surface area contributed by atoms with Crippen LogP contribution in [0.25, 0.3) is 0 Å². The Kier molecular flexibility index (Phi) is 9.33. The van der Waals surface area contributed by atoms with Crippen LogP contribution in [0.5, 0.6) is 5.75 Å². The molecule has 0 unspecified atom stereocenters. The lowest BCUT2D eigenvalue weighted by Gasteiger charge is -2.23. The molecule has 0 saturated carbocycles. The topological polar surface area (TPSA) is 88.1 Å². The van der Waals surface area contributed by atoms with Crippen molar-refractivity contribution in [3.63, 3.8) is 0 Å². The summed E-state index contributed by atoms with van der Waals surface area (Å²) in [6.07, 6.45) is 1.48. The Balaban J connectivity index is 1.39. The molecule has 0 heterocycles. The van der Waals surface area contributed by atoms with Gasteiger partial charge < -0.3 is 4.74 Å². The minimum Gasteiger partial charge on any atom is -0.489 e. The summed E-state index contributed by atoms with van der Waals surface area (Å²) in [5.74, 6) is 0.111. The first kappa shape index (κ1) is 27.6. The van der Waals surface area contributed by atoms with Crippen LogP contribution in [0.3, 0.4) is 0 Å². The molecule has 0 aliphatic heterocycles. The number of sulfonamides is 1. The minimum atomic E-state index is -3.99. The van der Waals surface area contributed by atoms with Gasteiger partial charge in [0.25, 0.3) is 15.9 Å². The maximum absolute atomic E-state index is 13.3. The molecule has 4 aromatic rings. The zero-order chi connectivity index (χ0) is 27.0. The predicted molar refractivity (Wildman–Crippen MR) is 156 cm³/mol. The Hall–Kier alpha value is -3.47. The van der Waals surface area contributed by atoms with Gasteiger partial charge in [-0.1, -0.05) is 68.3 Å². The van der Waals surface area contributed by atoms with Gasteiger partial charge >= 0.3 is 0 Å². The van der Waals surface area contributed by atoms with E-state index in [2.05, 4.69) is 42.4 Å². The van der Waals surface area contributed by atoms with Crippen molar-refractivity contribution < 1.29 is 17.9 Å². The van der Waals surface area contributed by atoms with E-state index >= 15 is 0 Å². The van der Waals surface area contributed by atoms with E-state index in [-0.39, 0.29) is 4.90 Å². The molecular formula is C28H23Br2N3O4S. The van der Waals surface area contributed by atoms with Crippen LogP contribution in [0.4, 0.5) is 5.69 Å². The Morgan fingerprint density at radius 1 is 0.868 bits per heavy atom. The fourth-order valence-corrected chi connectivity index (χ4v) is 5.49. The second kappa shape index (κ2) is 12.9. The van der Waals surface area contributed by atoms with Crippen molar-refractivity contribution >= 4 is 59.7 Å². The Bertz CT molecular complexity index is 1510. The Morgan fingerprint density at radius 3 is 2.26 bits per heavy atom. The summed E-state index contributed by atoms with van der Waals surface area (Å²) < 4.78 is 35.2. The van der Waals surface area contributed by atoms with Gasteiger partial charge in [0.2, 0.25) is 0 Å². The first-order chi connectivity index (χ1) is 18.3. The molecule has 0 aliphatic carbocycles. The van der Waals surface area contributed by atoms with Crippen molar-refractivity contribution in [2.75, 3.05) is 10.8 Å². The maximum atomic E-state index is 13.3. The molecular weight excluding hydrogens is 634 g/mol. The largest absolute Gasteiger partial charge is 0.489 e. The van der Waals surface area contributed by atoms with E-state index in [4.69, 9.17) is 4.74 Å². The number of halogens is 2. The number of amides is 1. The molecule has 0 atom stereocenters. The van der Waals surface area contributed by atoms with Crippen LogP contribution in [0, 0.1) is 0 Å². The summed E-state index contributed by atoms with van der Waals surface area (Å²) in [4.78, 5) is 12.8. The predicted octanol–water partition coefficient (Wildman–Crippen LogP) is 6.14. The number of anilines is 1. The van der Waals surface area contributed by atoms with Gasteiger partial charge in [0.1, 0.15) is 18.9 Å². The number of hydrogen-bond acceptors (Lipinski definition) is 5. The van der Waals surface area contributed by atoms with E-state index in [0.29, 0.717) is 22.5 Å². The molecule has 194 valence electrons. The van der Waals surface area contributed by atoms with Gasteiger partial charge in [0.05, 0.1) is 16.8 Å². The molecule has 0 spiro atoms. The van der Waals surface area contributed by atoms with Crippen molar-refractivity contribution in [2.45, 2.75) is 11.5 Å². The quantitative estimate of drug-likeness (QED) is 0.164. The second-order valence-electron chi connectivity index (χ2n) is 8.08. The number of benzene rings is 4. The average molecular weight is 657 g/mol. The summed E-state index contributed by atoms with van der Waals surface area (Å²) in [6, 6.07) is 29.8. The molecule has 0 bridgehead atoms. The average Bonchev–Trinajstić information content (AvgIpc) is 2.92. The highest BCUT2D eigenvalue weighted by Gasteiger charge is 2.27. The molecule has 1 amide bonds. The molecule has 0 saturated heterocycles. The molecule has 1 N–H and O–H groups in total. The summed E-state index contributed by atoms with van der Waals surface area (Å²) in [5, 5.41) is 3.99.